The summed E-state index contributed by atoms with van der Waals surface area (Å²) in [6.45, 7) is 3.78. The maximum Gasteiger partial charge on any atom is 0.328 e. The molecule has 0 spiro atoms. The van der Waals surface area contributed by atoms with Gasteiger partial charge in [-0.15, -0.1) is 0 Å². The van der Waals surface area contributed by atoms with Gasteiger partial charge in [-0.25, -0.2) is 4.79 Å². The van der Waals surface area contributed by atoms with Gasteiger partial charge in [-0.3, -0.25) is 4.79 Å². The summed E-state index contributed by atoms with van der Waals surface area (Å²) in [5.41, 5.74) is 1.90. The molecule has 1 aromatic rings. The standard InChI is InChI=1S/C22H32O4/c1-3-4-5-8-21(24)9-6-7-20(17(2)23)16-19-12-10-18(11-13-19)14-15-22(25)26/h10-15,20-21,24H,3-9,16H2,1-2H3,(H,25,26)/b15-14+. The lowest BCUT2D eigenvalue weighted by atomic mass is 9.90. The van der Waals surface area contributed by atoms with Gasteiger partial charge in [0, 0.05) is 12.0 Å². The van der Waals surface area contributed by atoms with Crippen LogP contribution < -0.4 is 0 Å². The first kappa shape index (κ1) is 22.1. The average Bonchev–Trinajstić information content (AvgIpc) is 2.60. The quantitative estimate of drug-likeness (QED) is 0.397. The molecule has 0 aromatic heterocycles. The van der Waals surface area contributed by atoms with E-state index in [2.05, 4.69) is 6.92 Å². The Morgan fingerprint density at radius 3 is 2.27 bits per heavy atom. The highest BCUT2D eigenvalue weighted by molar-refractivity contribution is 5.85. The fourth-order valence-electron chi connectivity index (χ4n) is 3.04. The summed E-state index contributed by atoms with van der Waals surface area (Å²) in [5, 5.41) is 18.7. The molecule has 0 bridgehead atoms. The van der Waals surface area contributed by atoms with Crippen molar-refractivity contribution in [2.75, 3.05) is 0 Å². The number of hydrogen-bond donors (Lipinski definition) is 2. The predicted molar refractivity (Wildman–Crippen MR) is 105 cm³/mol. The van der Waals surface area contributed by atoms with E-state index in [-0.39, 0.29) is 17.8 Å². The Kier molecular flexibility index (Phi) is 10.6. The molecule has 2 unspecified atom stereocenters. The summed E-state index contributed by atoms with van der Waals surface area (Å²) in [4.78, 5) is 22.5. The zero-order chi connectivity index (χ0) is 19.4. The Morgan fingerprint density at radius 1 is 1.04 bits per heavy atom. The molecule has 4 heteroatoms. The van der Waals surface area contributed by atoms with E-state index in [1.165, 1.54) is 0 Å². The molecular formula is C22H32O4. The average molecular weight is 360 g/mol. The largest absolute Gasteiger partial charge is 0.478 e. The Labute approximate surface area is 156 Å². The highest BCUT2D eigenvalue weighted by Gasteiger charge is 2.15. The minimum atomic E-state index is -0.970. The number of benzene rings is 1. The smallest absolute Gasteiger partial charge is 0.328 e. The molecular weight excluding hydrogens is 328 g/mol. The highest BCUT2D eigenvalue weighted by atomic mass is 16.4. The van der Waals surface area contributed by atoms with E-state index in [0.29, 0.717) is 6.42 Å². The second-order valence-corrected chi connectivity index (χ2v) is 7.01. The molecule has 0 saturated heterocycles. The third-order valence-corrected chi connectivity index (χ3v) is 4.69. The van der Waals surface area contributed by atoms with Crippen LogP contribution in [-0.4, -0.2) is 28.1 Å². The van der Waals surface area contributed by atoms with Gasteiger partial charge < -0.3 is 10.2 Å². The van der Waals surface area contributed by atoms with Crippen LogP contribution in [0.25, 0.3) is 6.08 Å². The van der Waals surface area contributed by atoms with Gasteiger partial charge in [0.1, 0.15) is 5.78 Å². The van der Waals surface area contributed by atoms with Gasteiger partial charge in [-0.05, 0) is 49.8 Å². The summed E-state index contributed by atoms with van der Waals surface area (Å²) in [5.74, 6) is -0.818. The van der Waals surface area contributed by atoms with Crippen LogP contribution in [0.2, 0.25) is 0 Å². The number of carboxylic acids is 1. The third kappa shape index (κ3) is 9.52. The van der Waals surface area contributed by atoms with Gasteiger partial charge in [-0.1, -0.05) is 56.9 Å². The predicted octanol–water partition coefficient (Wildman–Crippen LogP) is 4.64. The van der Waals surface area contributed by atoms with Gasteiger partial charge in [0.2, 0.25) is 0 Å². The van der Waals surface area contributed by atoms with Crippen molar-refractivity contribution in [1.82, 2.24) is 0 Å². The highest BCUT2D eigenvalue weighted by Crippen LogP contribution is 2.19. The molecule has 4 nitrogen and oxygen atoms in total. The molecule has 2 N–H and O–H groups in total. The lowest BCUT2D eigenvalue weighted by Gasteiger charge is -2.16. The lowest BCUT2D eigenvalue weighted by molar-refractivity contribution is -0.131. The Hall–Kier alpha value is -1.94. The van der Waals surface area contributed by atoms with Crippen molar-refractivity contribution in [3.05, 3.63) is 41.5 Å². The number of carboxylic acid groups (broad SMARTS) is 1. The topological polar surface area (TPSA) is 74.6 Å². The molecule has 0 amide bonds. The number of carbonyl (C=O) groups excluding carboxylic acids is 1. The number of unbranched alkanes of at least 4 members (excludes halogenated alkanes) is 2. The zero-order valence-electron chi connectivity index (χ0n) is 16.0. The lowest BCUT2D eigenvalue weighted by Crippen LogP contribution is -2.15. The summed E-state index contributed by atoms with van der Waals surface area (Å²) in [7, 11) is 0. The van der Waals surface area contributed by atoms with Crippen molar-refractivity contribution in [2.45, 2.75) is 71.3 Å². The molecule has 0 heterocycles. The molecule has 0 saturated carbocycles. The van der Waals surface area contributed by atoms with E-state index < -0.39 is 5.97 Å². The Morgan fingerprint density at radius 2 is 1.69 bits per heavy atom. The van der Waals surface area contributed by atoms with Crippen molar-refractivity contribution < 1.29 is 19.8 Å². The fourth-order valence-corrected chi connectivity index (χ4v) is 3.04. The van der Waals surface area contributed by atoms with Crippen molar-refractivity contribution in [3.63, 3.8) is 0 Å². The molecule has 0 aliphatic heterocycles. The molecule has 0 aliphatic rings. The van der Waals surface area contributed by atoms with E-state index in [4.69, 9.17) is 5.11 Å². The third-order valence-electron chi connectivity index (χ3n) is 4.69. The SMILES string of the molecule is CCCCCC(O)CCCC(Cc1ccc(/C=C/C(=O)O)cc1)C(C)=O. The van der Waals surface area contributed by atoms with E-state index in [1.807, 2.05) is 24.3 Å². The molecule has 0 radical (unpaired) electrons. The molecule has 1 rings (SSSR count). The summed E-state index contributed by atoms with van der Waals surface area (Å²) < 4.78 is 0. The summed E-state index contributed by atoms with van der Waals surface area (Å²) in [6.07, 6.45) is 9.73. The second-order valence-electron chi connectivity index (χ2n) is 7.01. The van der Waals surface area contributed by atoms with Crippen LogP contribution in [0.15, 0.2) is 30.3 Å². The van der Waals surface area contributed by atoms with Crippen molar-refractivity contribution >= 4 is 17.8 Å². The van der Waals surface area contributed by atoms with Crippen LogP contribution in [0.4, 0.5) is 0 Å². The van der Waals surface area contributed by atoms with Crippen LogP contribution in [0.5, 0.6) is 0 Å². The first-order valence-electron chi connectivity index (χ1n) is 9.60. The number of aliphatic hydroxyl groups excluding tert-OH is 1. The number of ketones is 1. The van der Waals surface area contributed by atoms with Crippen LogP contribution in [0.3, 0.4) is 0 Å². The van der Waals surface area contributed by atoms with Gasteiger partial charge in [0.05, 0.1) is 6.10 Å². The minimum absolute atomic E-state index is 0.0294. The normalized spacial score (nSPS) is 13.7. The molecule has 2 atom stereocenters. The Balaban J connectivity index is 2.47. The van der Waals surface area contributed by atoms with Crippen LogP contribution in [-0.2, 0) is 16.0 Å². The van der Waals surface area contributed by atoms with Gasteiger partial charge in [0.15, 0.2) is 0 Å². The fraction of sp³-hybridized carbons (Fsp3) is 0.545. The zero-order valence-corrected chi connectivity index (χ0v) is 16.0. The van der Waals surface area contributed by atoms with Crippen molar-refractivity contribution in [3.8, 4) is 0 Å². The molecule has 1 aromatic carbocycles. The monoisotopic (exact) mass is 360 g/mol. The van der Waals surface area contributed by atoms with E-state index in [9.17, 15) is 14.7 Å². The number of Topliss-reactive ketones (excluding diaryl/α,β-unsaturated/α-hetero) is 1. The van der Waals surface area contributed by atoms with Gasteiger partial charge >= 0.3 is 5.97 Å². The molecule has 0 aliphatic carbocycles. The Bertz CT molecular complexity index is 574. The maximum absolute atomic E-state index is 11.9. The van der Waals surface area contributed by atoms with Crippen molar-refractivity contribution in [2.24, 2.45) is 5.92 Å². The number of aliphatic carboxylic acids is 1. The molecule has 144 valence electrons. The molecule has 0 fully saturated rings. The van der Waals surface area contributed by atoms with E-state index in [0.717, 1.165) is 62.1 Å². The van der Waals surface area contributed by atoms with E-state index in [1.54, 1.807) is 13.0 Å². The number of rotatable bonds is 13. The van der Waals surface area contributed by atoms with Crippen LogP contribution in [0, 0.1) is 5.92 Å². The van der Waals surface area contributed by atoms with Gasteiger partial charge in [0.25, 0.3) is 0 Å². The summed E-state index contributed by atoms with van der Waals surface area (Å²) >= 11 is 0. The number of carbonyl (C=O) groups is 2. The molecule has 26 heavy (non-hydrogen) atoms. The van der Waals surface area contributed by atoms with Gasteiger partial charge in [-0.2, -0.15) is 0 Å². The first-order chi connectivity index (χ1) is 12.4. The van der Waals surface area contributed by atoms with Crippen LogP contribution in [0.1, 0.15) is 69.9 Å². The second kappa shape index (κ2) is 12.4. The number of hydrogen-bond acceptors (Lipinski definition) is 3. The van der Waals surface area contributed by atoms with Crippen molar-refractivity contribution in [1.29, 1.82) is 0 Å². The van der Waals surface area contributed by atoms with E-state index >= 15 is 0 Å². The van der Waals surface area contributed by atoms with Crippen LogP contribution >= 0.6 is 0 Å². The first-order valence-corrected chi connectivity index (χ1v) is 9.60. The maximum atomic E-state index is 11.9. The minimum Gasteiger partial charge on any atom is -0.478 e. The number of aliphatic hydroxyl groups is 1. The summed E-state index contributed by atoms with van der Waals surface area (Å²) in [6, 6.07) is 7.61.